The van der Waals surface area contributed by atoms with Crippen molar-refractivity contribution in [3.8, 4) is 5.82 Å². The van der Waals surface area contributed by atoms with Gasteiger partial charge < -0.3 is 10.6 Å². The molecule has 3 aromatic heterocycles. The molecule has 3 rings (SSSR count). The van der Waals surface area contributed by atoms with Crippen LogP contribution in [0.3, 0.4) is 0 Å². The van der Waals surface area contributed by atoms with E-state index in [1.807, 2.05) is 45.3 Å². The third-order valence-electron chi connectivity index (χ3n) is 4.11. The smallest absolute Gasteiger partial charge is 0.242 e. The molecule has 10 heteroatoms. The van der Waals surface area contributed by atoms with E-state index in [-0.39, 0.29) is 30.7 Å². The highest BCUT2D eigenvalue weighted by atomic mass is 35.5. The number of carbonyl (C=O) groups is 1. The molecule has 3 heterocycles. The lowest BCUT2D eigenvalue weighted by atomic mass is 10.1. The highest BCUT2D eigenvalue weighted by Crippen LogP contribution is 2.13. The van der Waals surface area contributed by atoms with E-state index in [0.29, 0.717) is 6.54 Å². The molecule has 0 aliphatic carbocycles. The first kappa shape index (κ1) is 23.6. The van der Waals surface area contributed by atoms with Crippen molar-refractivity contribution < 1.29 is 4.79 Å². The van der Waals surface area contributed by atoms with Crippen molar-refractivity contribution >= 4 is 30.7 Å². The van der Waals surface area contributed by atoms with Crippen LogP contribution in [0.25, 0.3) is 5.82 Å². The SMILES string of the molecule is CNC(C(=O)NCc1ccc(-n2nc(C)cc2C)nc1)c1cnn(C)c1.Cl.Cl. The monoisotopic (exact) mass is 425 g/mol. The molecule has 28 heavy (non-hydrogen) atoms. The zero-order valence-corrected chi connectivity index (χ0v) is 17.8. The second-order valence-electron chi connectivity index (χ2n) is 6.25. The van der Waals surface area contributed by atoms with Crippen molar-refractivity contribution in [3.63, 3.8) is 0 Å². The zero-order chi connectivity index (χ0) is 18.7. The van der Waals surface area contributed by atoms with Gasteiger partial charge in [-0.2, -0.15) is 10.2 Å². The molecule has 0 saturated heterocycles. The first-order valence-electron chi connectivity index (χ1n) is 8.40. The van der Waals surface area contributed by atoms with Crippen molar-refractivity contribution in [3.05, 3.63) is 59.3 Å². The second-order valence-corrected chi connectivity index (χ2v) is 6.25. The van der Waals surface area contributed by atoms with Gasteiger partial charge in [-0.3, -0.25) is 9.48 Å². The molecule has 3 aromatic rings. The summed E-state index contributed by atoms with van der Waals surface area (Å²) in [5, 5.41) is 14.5. The number of likely N-dealkylation sites (N-methyl/N-ethyl adjacent to an activating group) is 1. The average molecular weight is 426 g/mol. The van der Waals surface area contributed by atoms with Crippen molar-refractivity contribution in [1.29, 1.82) is 0 Å². The van der Waals surface area contributed by atoms with E-state index in [0.717, 1.165) is 28.3 Å². The maximum absolute atomic E-state index is 12.4. The topological polar surface area (TPSA) is 89.7 Å². The number of amides is 1. The van der Waals surface area contributed by atoms with Crippen molar-refractivity contribution in [1.82, 2.24) is 35.2 Å². The van der Waals surface area contributed by atoms with Crippen LogP contribution < -0.4 is 10.6 Å². The predicted molar refractivity (Wildman–Crippen MR) is 112 cm³/mol. The van der Waals surface area contributed by atoms with Gasteiger partial charge in [0.05, 0.1) is 11.9 Å². The Morgan fingerprint density at radius 3 is 2.46 bits per heavy atom. The summed E-state index contributed by atoms with van der Waals surface area (Å²) in [5.41, 5.74) is 3.73. The van der Waals surface area contributed by atoms with Crippen molar-refractivity contribution in [2.75, 3.05) is 7.05 Å². The van der Waals surface area contributed by atoms with E-state index in [4.69, 9.17) is 0 Å². The lowest BCUT2D eigenvalue weighted by Gasteiger charge is -2.14. The largest absolute Gasteiger partial charge is 0.350 e. The predicted octanol–water partition coefficient (Wildman–Crippen LogP) is 2.04. The Morgan fingerprint density at radius 1 is 1.21 bits per heavy atom. The summed E-state index contributed by atoms with van der Waals surface area (Å²) in [6.07, 6.45) is 5.27. The number of hydrogen-bond donors (Lipinski definition) is 2. The molecular weight excluding hydrogens is 401 g/mol. The molecule has 152 valence electrons. The fraction of sp³-hybridized carbons (Fsp3) is 0.333. The molecule has 0 spiro atoms. The van der Waals surface area contributed by atoms with E-state index >= 15 is 0 Å². The molecule has 0 fully saturated rings. The molecule has 0 aliphatic rings. The number of halogens is 2. The summed E-state index contributed by atoms with van der Waals surface area (Å²) in [6.45, 7) is 4.35. The molecule has 0 saturated carbocycles. The van der Waals surface area contributed by atoms with Crippen LogP contribution in [0, 0.1) is 13.8 Å². The van der Waals surface area contributed by atoms with E-state index in [2.05, 4.69) is 25.8 Å². The minimum Gasteiger partial charge on any atom is -0.350 e. The first-order valence-corrected chi connectivity index (χ1v) is 8.40. The first-order chi connectivity index (χ1) is 12.5. The van der Waals surface area contributed by atoms with Crippen molar-refractivity contribution in [2.45, 2.75) is 26.4 Å². The van der Waals surface area contributed by atoms with Gasteiger partial charge in [0.2, 0.25) is 5.91 Å². The van der Waals surface area contributed by atoms with Gasteiger partial charge in [-0.1, -0.05) is 6.07 Å². The third kappa shape index (κ3) is 5.31. The fourth-order valence-electron chi connectivity index (χ4n) is 2.84. The Bertz CT molecular complexity index is 905. The molecule has 1 unspecified atom stereocenters. The van der Waals surface area contributed by atoms with E-state index in [1.54, 1.807) is 28.8 Å². The molecule has 0 bridgehead atoms. The average Bonchev–Trinajstić information content (AvgIpc) is 3.19. The van der Waals surface area contributed by atoms with Gasteiger partial charge in [0.25, 0.3) is 0 Å². The highest BCUT2D eigenvalue weighted by Gasteiger charge is 2.19. The van der Waals surface area contributed by atoms with Gasteiger partial charge in [0, 0.05) is 37.2 Å². The molecule has 8 nitrogen and oxygen atoms in total. The van der Waals surface area contributed by atoms with Crippen LogP contribution in [0.15, 0.2) is 36.8 Å². The number of aromatic nitrogens is 5. The number of nitrogens with one attached hydrogen (secondary N) is 2. The minimum atomic E-state index is -0.439. The normalized spacial score (nSPS) is 11.3. The van der Waals surface area contributed by atoms with Gasteiger partial charge in [-0.05, 0) is 38.6 Å². The van der Waals surface area contributed by atoms with Gasteiger partial charge in [0.15, 0.2) is 5.82 Å². The fourth-order valence-corrected chi connectivity index (χ4v) is 2.84. The van der Waals surface area contributed by atoms with Gasteiger partial charge in [-0.25, -0.2) is 9.67 Å². The van der Waals surface area contributed by atoms with Crippen LogP contribution >= 0.6 is 24.8 Å². The maximum Gasteiger partial charge on any atom is 0.242 e. The van der Waals surface area contributed by atoms with E-state index in [9.17, 15) is 4.79 Å². The summed E-state index contributed by atoms with van der Waals surface area (Å²) in [5.74, 6) is 0.650. The summed E-state index contributed by atoms with van der Waals surface area (Å²) in [4.78, 5) is 16.9. The molecule has 1 amide bonds. The maximum atomic E-state index is 12.4. The second kappa shape index (κ2) is 10.2. The lowest BCUT2D eigenvalue weighted by Crippen LogP contribution is -2.35. The molecular formula is C18H25Cl2N7O. The van der Waals surface area contributed by atoms with Crippen LogP contribution in [0.1, 0.15) is 28.6 Å². The lowest BCUT2D eigenvalue weighted by molar-refractivity contribution is -0.123. The van der Waals surface area contributed by atoms with E-state index < -0.39 is 6.04 Å². The Labute approximate surface area is 176 Å². The van der Waals surface area contributed by atoms with Crippen LogP contribution in [-0.4, -0.2) is 37.5 Å². The quantitative estimate of drug-likeness (QED) is 0.630. The molecule has 0 radical (unpaired) electrons. The Morgan fingerprint density at radius 2 is 1.96 bits per heavy atom. The van der Waals surface area contributed by atoms with Crippen molar-refractivity contribution in [2.24, 2.45) is 7.05 Å². The van der Waals surface area contributed by atoms with Crippen LogP contribution in [0.5, 0.6) is 0 Å². The Hall–Kier alpha value is -2.42. The Balaban J connectivity index is 0.00000196. The summed E-state index contributed by atoms with van der Waals surface area (Å²) in [6, 6.07) is 5.41. The Kier molecular flexibility index (Phi) is 8.62. The number of pyridine rings is 1. The molecule has 1 atom stereocenters. The van der Waals surface area contributed by atoms with Gasteiger partial charge >= 0.3 is 0 Å². The summed E-state index contributed by atoms with van der Waals surface area (Å²) in [7, 11) is 3.58. The molecule has 0 aliphatic heterocycles. The standard InChI is InChI=1S/C18H23N7O.2ClH/c1-12-7-13(2)25(23-12)16-6-5-14(8-20-16)9-21-18(26)17(19-3)15-10-22-24(4)11-15;;/h5-8,10-11,17,19H,9H2,1-4H3,(H,21,26);2*1H. The van der Waals surface area contributed by atoms with Gasteiger partial charge in [0.1, 0.15) is 6.04 Å². The number of rotatable bonds is 6. The number of carbonyl (C=O) groups excluding carboxylic acids is 1. The minimum absolute atomic E-state index is 0. The van der Waals surface area contributed by atoms with Crippen LogP contribution in [0.2, 0.25) is 0 Å². The zero-order valence-electron chi connectivity index (χ0n) is 16.2. The number of aryl methyl sites for hydroxylation is 3. The number of nitrogens with zero attached hydrogens (tertiary/aromatic N) is 5. The van der Waals surface area contributed by atoms with Crippen LogP contribution in [0.4, 0.5) is 0 Å². The molecule has 0 aromatic carbocycles. The summed E-state index contributed by atoms with van der Waals surface area (Å²) < 4.78 is 3.48. The van der Waals surface area contributed by atoms with Gasteiger partial charge in [-0.15, -0.1) is 24.8 Å². The summed E-state index contributed by atoms with van der Waals surface area (Å²) >= 11 is 0. The van der Waals surface area contributed by atoms with Crippen LogP contribution in [-0.2, 0) is 18.4 Å². The molecule has 2 N–H and O–H groups in total. The number of hydrogen-bond acceptors (Lipinski definition) is 5. The third-order valence-corrected chi connectivity index (χ3v) is 4.11. The highest BCUT2D eigenvalue weighted by molar-refractivity contribution is 5.85. The van der Waals surface area contributed by atoms with E-state index in [1.165, 1.54) is 0 Å².